The Morgan fingerprint density at radius 2 is 1.74 bits per heavy atom. The van der Waals surface area contributed by atoms with Gasteiger partial charge in [-0.25, -0.2) is 4.98 Å². The zero-order valence-corrected chi connectivity index (χ0v) is 19.7. The fraction of sp³-hybridized carbons (Fsp3) is 0.400. The van der Waals surface area contributed by atoms with Crippen LogP contribution >= 0.6 is 0 Å². The maximum atomic E-state index is 13.1. The molecule has 184 valence electrons. The Balaban J connectivity index is 1.30. The highest BCUT2D eigenvalue weighted by Crippen LogP contribution is 2.50. The van der Waals surface area contributed by atoms with Gasteiger partial charge in [0.05, 0.1) is 17.6 Å². The molecule has 3 aromatic rings. The standard InChI is InChI=1S/C25H25F3N4O2S/c26-25(27,28)15-32-14-24(30-35(32,33)34)20-7-8-21(24)11-19-12-22(9-6-18(19)10-20)31-13-23(29-16-31)17-4-2-1-3-5-17/h1-6,9,12-13,16,20-21,30H,7-8,10-11,14-15H2/t20-,21+,24-/m1/s1. The van der Waals surface area contributed by atoms with Gasteiger partial charge in [0.2, 0.25) is 0 Å². The summed E-state index contributed by atoms with van der Waals surface area (Å²) in [5.74, 6) is -0.0924. The summed E-state index contributed by atoms with van der Waals surface area (Å²) in [6, 6.07) is 16.1. The summed E-state index contributed by atoms with van der Waals surface area (Å²) in [7, 11) is -4.18. The number of rotatable bonds is 3. The first kappa shape index (κ1) is 22.8. The summed E-state index contributed by atoms with van der Waals surface area (Å²) in [6.45, 7) is -1.59. The van der Waals surface area contributed by atoms with E-state index in [0.717, 1.165) is 40.9 Å². The minimum Gasteiger partial charge on any atom is -0.306 e. The van der Waals surface area contributed by atoms with E-state index in [1.807, 2.05) is 47.2 Å². The van der Waals surface area contributed by atoms with Crippen LogP contribution in [0.1, 0.15) is 24.0 Å². The monoisotopic (exact) mass is 502 g/mol. The second-order valence-corrected chi connectivity index (χ2v) is 11.6. The van der Waals surface area contributed by atoms with Crippen molar-refractivity contribution in [3.63, 3.8) is 0 Å². The Labute approximate surface area is 202 Å². The molecule has 1 saturated heterocycles. The Bertz CT molecular complexity index is 1370. The summed E-state index contributed by atoms with van der Waals surface area (Å²) in [5, 5.41) is 0. The van der Waals surface area contributed by atoms with Gasteiger partial charge < -0.3 is 4.57 Å². The van der Waals surface area contributed by atoms with Gasteiger partial charge in [-0.3, -0.25) is 0 Å². The molecule has 3 atom stereocenters. The minimum absolute atomic E-state index is 0.0365. The summed E-state index contributed by atoms with van der Waals surface area (Å²) in [5.41, 5.74) is 4.24. The lowest BCUT2D eigenvalue weighted by atomic mass is 9.79. The molecule has 1 spiro atoms. The van der Waals surface area contributed by atoms with Crippen molar-refractivity contribution in [3.8, 4) is 16.9 Å². The van der Waals surface area contributed by atoms with Gasteiger partial charge in [0.25, 0.3) is 10.2 Å². The van der Waals surface area contributed by atoms with Gasteiger partial charge in [0.15, 0.2) is 0 Å². The van der Waals surface area contributed by atoms with Crippen LogP contribution in [-0.2, 0) is 23.1 Å². The first-order valence-corrected chi connectivity index (χ1v) is 13.1. The minimum atomic E-state index is -4.58. The van der Waals surface area contributed by atoms with Gasteiger partial charge in [-0.2, -0.15) is 30.6 Å². The molecule has 1 aliphatic heterocycles. The molecule has 1 saturated carbocycles. The van der Waals surface area contributed by atoms with Crippen LogP contribution in [0, 0.1) is 11.8 Å². The maximum Gasteiger partial charge on any atom is 0.402 e. The molecular formula is C25H25F3N4O2S. The van der Waals surface area contributed by atoms with Gasteiger partial charge in [-0.15, -0.1) is 0 Å². The second kappa shape index (κ2) is 7.91. The van der Waals surface area contributed by atoms with Crippen LogP contribution in [0.3, 0.4) is 0 Å². The number of alkyl halides is 3. The lowest BCUT2D eigenvalue weighted by Crippen LogP contribution is -2.52. The van der Waals surface area contributed by atoms with Crippen molar-refractivity contribution in [2.45, 2.75) is 37.4 Å². The van der Waals surface area contributed by atoms with Crippen LogP contribution < -0.4 is 4.72 Å². The lowest BCUT2D eigenvalue weighted by molar-refractivity contribution is -0.136. The number of nitrogens with zero attached hydrogens (tertiary/aromatic N) is 3. The van der Waals surface area contributed by atoms with E-state index < -0.39 is 28.5 Å². The molecule has 2 fully saturated rings. The zero-order valence-electron chi connectivity index (χ0n) is 18.9. The highest BCUT2D eigenvalue weighted by Gasteiger charge is 2.60. The molecule has 0 radical (unpaired) electrons. The fourth-order valence-corrected chi connectivity index (χ4v) is 7.92. The van der Waals surface area contributed by atoms with Gasteiger partial charge in [-0.1, -0.05) is 36.4 Å². The SMILES string of the molecule is O=S1(=O)N[C@]2(CN1CC(F)(F)F)[C@@H]1CC[C@H]2Cc2cc(-n3cnc(-c4ccccc4)c3)ccc2C1. The third-order valence-electron chi connectivity index (χ3n) is 7.85. The fourth-order valence-electron chi connectivity index (χ4n) is 6.21. The smallest absolute Gasteiger partial charge is 0.306 e. The van der Waals surface area contributed by atoms with Crippen LogP contribution in [0.15, 0.2) is 61.1 Å². The van der Waals surface area contributed by atoms with Gasteiger partial charge in [0.1, 0.15) is 6.54 Å². The molecule has 35 heavy (non-hydrogen) atoms. The van der Waals surface area contributed by atoms with E-state index in [9.17, 15) is 21.6 Å². The Kier molecular flexibility index (Phi) is 5.14. The molecule has 2 aliphatic carbocycles. The van der Waals surface area contributed by atoms with Crippen LogP contribution in [0.25, 0.3) is 16.9 Å². The van der Waals surface area contributed by atoms with E-state index in [0.29, 0.717) is 17.1 Å². The summed E-state index contributed by atoms with van der Waals surface area (Å²) in [4.78, 5) is 4.53. The lowest BCUT2D eigenvalue weighted by Gasteiger charge is -2.33. The molecule has 3 aliphatic rings. The molecule has 0 unspecified atom stereocenters. The highest BCUT2D eigenvalue weighted by atomic mass is 32.2. The highest BCUT2D eigenvalue weighted by molar-refractivity contribution is 7.87. The molecule has 6 rings (SSSR count). The number of benzene rings is 2. The first-order valence-electron chi connectivity index (χ1n) is 11.7. The average molecular weight is 503 g/mol. The quantitative estimate of drug-likeness (QED) is 0.586. The van der Waals surface area contributed by atoms with Crippen molar-refractivity contribution < 1.29 is 21.6 Å². The van der Waals surface area contributed by atoms with Gasteiger partial charge in [-0.05, 0) is 60.8 Å². The normalized spacial score (nSPS) is 27.7. The van der Waals surface area contributed by atoms with Gasteiger partial charge >= 0.3 is 6.18 Å². The molecule has 0 amide bonds. The predicted molar refractivity (Wildman–Crippen MR) is 125 cm³/mol. The number of fused-ring (bicyclic) bond motifs is 1. The number of nitrogens with one attached hydrogen (secondary N) is 1. The number of halogens is 3. The molecule has 1 aromatic heterocycles. The van der Waals surface area contributed by atoms with Crippen molar-refractivity contribution in [2.75, 3.05) is 13.1 Å². The third-order valence-corrected chi connectivity index (χ3v) is 9.42. The van der Waals surface area contributed by atoms with Crippen LogP contribution in [0.2, 0.25) is 0 Å². The summed E-state index contributed by atoms with van der Waals surface area (Å²) >= 11 is 0. The van der Waals surface area contributed by atoms with Crippen LogP contribution in [0.4, 0.5) is 13.2 Å². The average Bonchev–Trinajstić information content (AvgIpc) is 3.43. The van der Waals surface area contributed by atoms with E-state index >= 15 is 0 Å². The second-order valence-electron chi connectivity index (χ2n) is 9.90. The summed E-state index contributed by atoms with van der Waals surface area (Å²) < 4.78 is 69.9. The van der Waals surface area contributed by atoms with E-state index in [-0.39, 0.29) is 18.4 Å². The summed E-state index contributed by atoms with van der Waals surface area (Å²) in [6.07, 6.45) is 2.04. The van der Waals surface area contributed by atoms with Crippen molar-refractivity contribution in [3.05, 3.63) is 72.2 Å². The van der Waals surface area contributed by atoms with E-state index in [1.54, 1.807) is 6.33 Å². The third kappa shape index (κ3) is 3.97. The molecule has 6 nitrogen and oxygen atoms in total. The molecule has 2 bridgehead atoms. The number of aromatic nitrogens is 2. The number of hydrogen-bond donors (Lipinski definition) is 1. The molecule has 2 heterocycles. The Morgan fingerprint density at radius 1 is 1.03 bits per heavy atom. The van der Waals surface area contributed by atoms with Crippen LogP contribution in [0.5, 0.6) is 0 Å². The molecule has 2 aromatic carbocycles. The van der Waals surface area contributed by atoms with Crippen molar-refractivity contribution in [1.82, 2.24) is 18.6 Å². The van der Waals surface area contributed by atoms with Crippen LogP contribution in [-0.4, -0.2) is 47.1 Å². The number of hydrogen-bond acceptors (Lipinski definition) is 3. The van der Waals surface area contributed by atoms with E-state index in [1.165, 1.54) is 0 Å². The predicted octanol–water partition coefficient (Wildman–Crippen LogP) is 4.12. The maximum absolute atomic E-state index is 13.1. The van der Waals surface area contributed by atoms with Crippen molar-refractivity contribution in [1.29, 1.82) is 0 Å². The largest absolute Gasteiger partial charge is 0.402 e. The van der Waals surface area contributed by atoms with Crippen molar-refractivity contribution >= 4 is 10.2 Å². The molecule has 10 heteroatoms. The molecular weight excluding hydrogens is 477 g/mol. The first-order chi connectivity index (χ1) is 16.6. The van der Waals surface area contributed by atoms with E-state index in [2.05, 4.69) is 21.8 Å². The molecule has 1 N–H and O–H groups in total. The number of imidazole rings is 1. The van der Waals surface area contributed by atoms with E-state index in [4.69, 9.17) is 0 Å². The van der Waals surface area contributed by atoms with Gasteiger partial charge in [0, 0.05) is 24.0 Å². The topological polar surface area (TPSA) is 67.2 Å². The Hall–Kier alpha value is -2.69. The van der Waals surface area contributed by atoms with Crippen molar-refractivity contribution in [2.24, 2.45) is 11.8 Å². The Morgan fingerprint density at radius 3 is 2.46 bits per heavy atom. The zero-order chi connectivity index (χ0) is 24.4.